The third kappa shape index (κ3) is 3.76. The van der Waals surface area contributed by atoms with Crippen molar-refractivity contribution in [1.82, 2.24) is 10.6 Å². The van der Waals surface area contributed by atoms with Crippen molar-refractivity contribution in [2.24, 2.45) is 5.92 Å². The predicted octanol–water partition coefficient (Wildman–Crippen LogP) is 2.01. The maximum atomic E-state index is 13.4. The Morgan fingerprint density at radius 2 is 2.10 bits per heavy atom. The SMILES string of the molecule is C[C@H]1C[C@@H](C(=O)NCCc2c(F)cccc2F)CCN1. The van der Waals surface area contributed by atoms with Crippen LogP contribution in [0.4, 0.5) is 8.78 Å². The number of carbonyl (C=O) groups excluding carboxylic acids is 1. The summed E-state index contributed by atoms with van der Waals surface area (Å²) in [6.07, 6.45) is 1.79. The van der Waals surface area contributed by atoms with Gasteiger partial charge in [-0.2, -0.15) is 0 Å². The molecule has 0 aromatic heterocycles. The second-order valence-corrected chi connectivity index (χ2v) is 5.32. The fraction of sp³-hybridized carbons (Fsp3) is 0.533. The molecule has 0 spiro atoms. The zero-order valence-electron chi connectivity index (χ0n) is 11.6. The molecule has 0 bridgehead atoms. The number of nitrogens with one attached hydrogen (secondary N) is 2. The van der Waals surface area contributed by atoms with Gasteiger partial charge in [-0.3, -0.25) is 4.79 Å². The number of benzene rings is 1. The van der Waals surface area contributed by atoms with Gasteiger partial charge >= 0.3 is 0 Å². The fourth-order valence-corrected chi connectivity index (χ4v) is 2.60. The third-order valence-electron chi connectivity index (χ3n) is 3.73. The monoisotopic (exact) mass is 282 g/mol. The van der Waals surface area contributed by atoms with Crippen molar-refractivity contribution < 1.29 is 13.6 Å². The van der Waals surface area contributed by atoms with Crippen LogP contribution in [0.3, 0.4) is 0 Å². The van der Waals surface area contributed by atoms with Gasteiger partial charge in [0.25, 0.3) is 0 Å². The van der Waals surface area contributed by atoms with E-state index in [-0.39, 0.29) is 30.4 Å². The lowest BCUT2D eigenvalue weighted by atomic mass is 9.92. The molecule has 0 aliphatic carbocycles. The highest BCUT2D eigenvalue weighted by Gasteiger charge is 2.24. The Labute approximate surface area is 117 Å². The second-order valence-electron chi connectivity index (χ2n) is 5.32. The van der Waals surface area contributed by atoms with Crippen molar-refractivity contribution in [3.8, 4) is 0 Å². The third-order valence-corrected chi connectivity index (χ3v) is 3.73. The highest BCUT2D eigenvalue weighted by atomic mass is 19.1. The molecular formula is C15H20F2N2O. The molecule has 1 saturated heterocycles. The van der Waals surface area contributed by atoms with Gasteiger partial charge in [0, 0.05) is 24.1 Å². The van der Waals surface area contributed by atoms with Gasteiger partial charge in [-0.25, -0.2) is 8.78 Å². The van der Waals surface area contributed by atoms with Gasteiger partial charge in [0.2, 0.25) is 5.91 Å². The molecule has 2 atom stereocenters. The summed E-state index contributed by atoms with van der Waals surface area (Å²) in [6.45, 7) is 3.14. The van der Waals surface area contributed by atoms with Crippen LogP contribution < -0.4 is 10.6 Å². The number of hydrogen-bond donors (Lipinski definition) is 2. The lowest BCUT2D eigenvalue weighted by Crippen LogP contribution is -2.42. The molecule has 20 heavy (non-hydrogen) atoms. The van der Waals surface area contributed by atoms with Gasteiger partial charge in [0.1, 0.15) is 11.6 Å². The van der Waals surface area contributed by atoms with Crippen LogP contribution in [0.15, 0.2) is 18.2 Å². The fourth-order valence-electron chi connectivity index (χ4n) is 2.60. The van der Waals surface area contributed by atoms with Crippen molar-refractivity contribution in [3.05, 3.63) is 35.4 Å². The first kappa shape index (κ1) is 14.9. The Hall–Kier alpha value is -1.49. The van der Waals surface area contributed by atoms with E-state index in [0.717, 1.165) is 19.4 Å². The molecule has 1 aromatic carbocycles. The van der Waals surface area contributed by atoms with Crippen LogP contribution in [-0.4, -0.2) is 25.0 Å². The zero-order chi connectivity index (χ0) is 14.5. The summed E-state index contributed by atoms with van der Waals surface area (Å²) < 4.78 is 26.8. The first-order valence-corrected chi connectivity index (χ1v) is 7.02. The summed E-state index contributed by atoms with van der Waals surface area (Å²) in [7, 11) is 0. The van der Waals surface area contributed by atoms with Crippen molar-refractivity contribution in [2.45, 2.75) is 32.2 Å². The summed E-state index contributed by atoms with van der Waals surface area (Å²) >= 11 is 0. The lowest BCUT2D eigenvalue weighted by Gasteiger charge is -2.27. The maximum Gasteiger partial charge on any atom is 0.223 e. The molecule has 1 amide bonds. The molecule has 5 heteroatoms. The van der Waals surface area contributed by atoms with Crippen LogP contribution in [0.1, 0.15) is 25.3 Å². The minimum atomic E-state index is -0.560. The van der Waals surface area contributed by atoms with Crippen LogP contribution >= 0.6 is 0 Å². The molecule has 110 valence electrons. The van der Waals surface area contributed by atoms with E-state index in [1.165, 1.54) is 18.2 Å². The number of amides is 1. The molecule has 1 aliphatic heterocycles. The quantitative estimate of drug-likeness (QED) is 0.887. The highest BCUT2D eigenvalue weighted by Crippen LogP contribution is 2.16. The molecule has 0 unspecified atom stereocenters. The minimum absolute atomic E-state index is 0.00304. The summed E-state index contributed by atoms with van der Waals surface area (Å²) in [4.78, 5) is 12.0. The van der Waals surface area contributed by atoms with E-state index in [1.54, 1.807) is 0 Å². The number of hydrogen-bond acceptors (Lipinski definition) is 2. The van der Waals surface area contributed by atoms with E-state index in [4.69, 9.17) is 0 Å². The van der Waals surface area contributed by atoms with Gasteiger partial charge in [0.05, 0.1) is 0 Å². The molecule has 2 rings (SSSR count). The molecule has 0 radical (unpaired) electrons. The van der Waals surface area contributed by atoms with E-state index in [0.29, 0.717) is 6.04 Å². The Morgan fingerprint density at radius 3 is 2.75 bits per heavy atom. The summed E-state index contributed by atoms with van der Waals surface area (Å²) in [5.41, 5.74) is 0.0338. The Bertz CT molecular complexity index is 459. The molecule has 1 heterocycles. The van der Waals surface area contributed by atoms with Crippen molar-refractivity contribution in [1.29, 1.82) is 0 Å². The Kier molecular flexibility index (Phi) is 5.06. The topological polar surface area (TPSA) is 41.1 Å². The number of piperidine rings is 1. The molecule has 3 nitrogen and oxygen atoms in total. The van der Waals surface area contributed by atoms with Crippen LogP contribution in [-0.2, 0) is 11.2 Å². The van der Waals surface area contributed by atoms with Crippen molar-refractivity contribution >= 4 is 5.91 Å². The van der Waals surface area contributed by atoms with E-state index >= 15 is 0 Å². The van der Waals surface area contributed by atoms with Crippen LogP contribution in [0.25, 0.3) is 0 Å². The lowest BCUT2D eigenvalue weighted by molar-refractivity contribution is -0.126. The van der Waals surface area contributed by atoms with Crippen molar-refractivity contribution in [3.63, 3.8) is 0 Å². The average Bonchev–Trinajstić information content (AvgIpc) is 2.42. The zero-order valence-corrected chi connectivity index (χ0v) is 11.6. The van der Waals surface area contributed by atoms with Gasteiger partial charge in [-0.05, 0) is 44.9 Å². The van der Waals surface area contributed by atoms with Crippen LogP contribution in [0, 0.1) is 17.6 Å². The largest absolute Gasteiger partial charge is 0.356 e. The number of carbonyl (C=O) groups is 1. The van der Waals surface area contributed by atoms with Crippen LogP contribution in [0.5, 0.6) is 0 Å². The molecule has 2 N–H and O–H groups in total. The van der Waals surface area contributed by atoms with E-state index in [1.807, 2.05) is 6.92 Å². The molecule has 1 aliphatic rings. The minimum Gasteiger partial charge on any atom is -0.356 e. The maximum absolute atomic E-state index is 13.4. The molecular weight excluding hydrogens is 262 g/mol. The predicted molar refractivity (Wildman–Crippen MR) is 73.3 cm³/mol. The van der Waals surface area contributed by atoms with Crippen molar-refractivity contribution in [2.75, 3.05) is 13.1 Å². The molecule has 0 saturated carbocycles. The first-order valence-electron chi connectivity index (χ1n) is 7.02. The van der Waals surface area contributed by atoms with Gasteiger partial charge in [-0.1, -0.05) is 6.07 Å². The standard InChI is InChI=1S/C15H20F2N2O/c1-10-9-11(5-7-18-10)15(20)19-8-6-12-13(16)3-2-4-14(12)17/h2-4,10-11,18H,5-9H2,1H3,(H,19,20)/t10-,11-/m0/s1. The van der Waals surface area contributed by atoms with E-state index < -0.39 is 11.6 Å². The molecule has 1 aromatic rings. The number of halogens is 2. The number of rotatable bonds is 4. The highest BCUT2D eigenvalue weighted by molar-refractivity contribution is 5.78. The summed E-state index contributed by atoms with van der Waals surface area (Å²) in [6, 6.07) is 4.13. The van der Waals surface area contributed by atoms with Crippen LogP contribution in [0.2, 0.25) is 0 Å². The van der Waals surface area contributed by atoms with Gasteiger partial charge in [0.15, 0.2) is 0 Å². The Morgan fingerprint density at radius 1 is 1.40 bits per heavy atom. The normalized spacial score (nSPS) is 22.6. The van der Waals surface area contributed by atoms with E-state index in [9.17, 15) is 13.6 Å². The van der Waals surface area contributed by atoms with Gasteiger partial charge < -0.3 is 10.6 Å². The Balaban J connectivity index is 1.82. The summed E-state index contributed by atoms with van der Waals surface area (Å²) in [5.74, 6) is -1.14. The first-order chi connectivity index (χ1) is 9.58. The van der Waals surface area contributed by atoms with Gasteiger partial charge in [-0.15, -0.1) is 0 Å². The second kappa shape index (κ2) is 6.79. The van der Waals surface area contributed by atoms with E-state index in [2.05, 4.69) is 10.6 Å². The molecule has 1 fully saturated rings. The smallest absolute Gasteiger partial charge is 0.223 e. The summed E-state index contributed by atoms with van der Waals surface area (Å²) in [5, 5.41) is 6.06. The average molecular weight is 282 g/mol.